The quantitative estimate of drug-likeness (QED) is 0.314. The summed E-state index contributed by atoms with van der Waals surface area (Å²) in [6.07, 6.45) is 1.65. The lowest BCUT2D eigenvalue weighted by atomic mass is 10.2. The van der Waals surface area contributed by atoms with Crippen molar-refractivity contribution in [1.82, 2.24) is 4.90 Å². The number of thioether (sulfide) groups is 1. The van der Waals surface area contributed by atoms with Crippen molar-refractivity contribution in [3.8, 4) is 11.5 Å². The van der Waals surface area contributed by atoms with Gasteiger partial charge in [-0.25, -0.2) is 0 Å². The standard InChI is InChI=1S/C24H25IN2O6S/c1-4-32-19-12-16(13-20-23(29)27(9-10-31-3)24(30)34-20)11-18(25)22(19)33-14-21(28)26-17-7-5-15(2)6-8-17/h5-8,11-13H,4,9-10,14H2,1-3H3,(H,26,28)/b20-13+. The Balaban J connectivity index is 1.74. The number of anilines is 1. The first kappa shape index (κ1) is 26.0. The molecule has 0 unspecified atom stereocenters. The van der Waals surface area contributed by atoms with Crippen molar-refractivity contribution in [1.29, 1.82) is 0 Å². The maximum Gasteiger partial charge on any atom is 0.293 e. The molecule has 8 nitrogen and oxygen atoms in total. The molecule has 0 radical (unpaired) electrons. The van der Waals surface area contributed by atoms with Crippen LogP contribution in [0.5, 0.6) is 11.5 Å². The van der Waals surface area contributed by atoms with Gasteiger partial charge in [-0.1, -0.05) is 17.7 Å². The predicted octanol–water partition coefficient (Wildman–Crippen LogP) is 4.70. The van der Waals surface area contributed by atoms with Crippen LogP contribution in [0, 0.1) is 10.5 Å². The zero-order valence-electron chi connectivity index (χ0n) is 19.1. The van der Waals surface area contributed by atoms with Gasteiger partial charge < -0.3 is 19.5 Å². The van der Waals surface area contributed by atoms with E-state index in [1.807, 2.05) is 38.1 Å². The maximum absolute atomic E-state index is 12.6. The highest BCUT2D eigenvalue weighted by Gasteiger charge is 2.34. The Labute approximate surface area is 216 Å². The smallest absolute Gasteiger partial charge is 0.293 e. The maximum atomic E-state index is 12.6. The van der Waals surface area contributed by atoms with Crippen molar-refractivity contribution >= 4 is 63.2 Å². The SMILES string of the molecule is CCOc1cc(/C=C2/SC(=O)N(CCOC)C2=O)cc(I)c1OCC(=O)Nc1ccc(C)cc1. The molecular weight excluding hydrogens is 571 g/mol. The van der Waals surface area contributed by atoms with E-state index in [1.165, 1.54) is 12.0 Å². The van der Waals surface area contributed by atoms with E-state index in [0.717, 1.165) is 17.3 Å². The first-order chi connectivity index (χ1) is 16.3. The lowest BCUT2D eigenvalue weighted by Gasteiger charge is -2.15. The topological polar surface area (TPSA) is 94.2 Å². The van der Waals surface area contributed by atoms with Crippen molar-refractivity contribution in [3.63, 3.8) is 0 Å². The highest BCUT2D eigenvalue weighted by Crippen LogP contribution is 2.37. The van der Waals surface area contributed by atoms with Crippen molar-refractivity contribution in [2.24, 2.45) is 0 Å². The van der Waals surface area contributed by atoms with Crippen LogP contribution >= 0.6 is 34.4 Å². The lowest BCUT2D eigenvalue weighted by Crippen LogP contribution is -2.31. The lowest BCUT2D eigenvalue weighted by molar-refractivity contribution is -0.123. The Kier molecular flexibility index (Phi) is 9.36. The molecule has 1 saturated heterocycles. The first-order valence-corrected chi connectivity index (χ1v) is 12.4. The molecule has 0 aromatic heterocycles. The van der Waals surface area contributed by atoms with Gasteiger partial charge in [0.15, 0.2) is 18.1 Å². The van der Waals surface area contributed by atoms with Crippen molar-refractivity contribution < 1.29 is 28.6 Å². The minimum absolute atomic E-state index is 0.193. The molecule has 34 heavy (non-hydrogen) atoms. The number of amides is 3. The third-order valence-electron chi connectivity index (χ3n) is 4.70. The molecule has 2 aromatic carbocycles. The summed E-state index contributed by atoms with van der Waals surface area (Å²) < 4.78 is 17.2. The molecule has 0 aliphatic carbocycles. The summed E-state index contributed by atoms with van der Waals surface area (Å²) >= 11 is 2.98. The summed E-state index contributed by atoms with van der Waals surface area (Å²) in [7, 11) is 1.52. The van der Waals surface area contributed by atoms with E-state index >= 15 is 0 Å². The predicted molar refractivity (Wildman–Crippen MR) is 140 cm³/mol. The molecule has 180 valence electrons. The Bertz CT molecular complexity index is 1100. The monoisotopic (exact) mass is 596 g/mol. The second kappa shape index (κ2) is 12.2. The van der Waals surface area contributed by atoms with E-state index in [9.17, 15) is 14.4 Å². The highest BCUT2D eigenvalue weighted by atomic mass is 127. The first-order valence-electron chi connectivity index (χ1n) is 10.5. The number of ether oxygens (including phenoxy) is 3. The van der Waals surface area contributed by atoms with Crippen LogP contribution in [0.3, 0.4) is 0 Å². The van der Waals surface area contributed by atoms with E-state index < -0.39 is 0 Å². The Morgan fingerprint density at radius 2 is 1.91 bits per heavy atom. The van der Waals surface area contributed by atoms with Crippen molar-refractivity contribution in [2.75, 3.05) is 38.8 Å². The molecule has 1 N–H and O–H groups in total. The number of nitrogens with one attached hydrogen (secondary N) is 1. The number of halogens is 1. The summed E-state index contributed by atoms with van der Waals surface area (Å²) in [5.74, 6) is 0.235. The second-order valence-electron chi connectivity index (χ2n) is 7.29. The number of nitrogens with zero attached hydrogens (tertiary/aromatic N) is 1. The van der Waals surface area contributed by atoms with Gasteiger partial charge in [0.05, 0.1) is 28.2 Å². The van der Waals surface area contributed by atoms with Gasteiger partial charge >= 0.3 is 0 Å². The van der Waals surface area contributed by atoms with Crippen LogP contribution in [0.25, 0.3) is 6.08 Å². The molecule has 1 aliphatic heterocycles. The number of carbonyl (C=O) groups is 3. The van der Waals surface area contributed by atoms with E-state index in [1.54, 1.807) is 18.2 Å². The van der Waals surface area contributed by atoms with Crippen LogP contribution in [0.15, 0.2) is 41.3 Å². The van der Waals surface area contributed by atoms with E-state index in [-0.39, 0.29) is 36.8 Å². The van der Waals surface area contributed by atoms with Crippen LogP contribution < -0.4 is 14.8 Å². The summed E-state index contributed by atoms with van der Waals surface area (Å²) in [5, 5.41) is 2.47. The average Bonchev–Trinajstić information content (AvgIpc) is 3.05. The van der Waals surface area contributed by atoms with Crippen LogP contribution in [-0.4, -0.2) is 55.4 Å². The fraction of sp³-hybridized carbons (Fsp3) is 0.292. The summed E-state index contributed by atoms with van der Waals surface area (Å²) in [6, 6.07) is 11.0. The highest BCUT2D eigenvalue weighted by molar-refractivity contribution is 14.1. The van der Waals surface area contributed by atoms with E-state index in [4.69, 9.17) is 14.2 Å². The fourth-order valence-electron chi connectivity index (χ4n) is 3.07. The number of hydrogen-bond donors (Lipinski definition) is 1. The summed E-state index contributed by atoms with van der Waals surface area (Å²) in [6.45, 7) is 4.50. The normalized spacial score (nSPS) is 14.6. The molecule has 3 rings (SSSR count). The Morgan fingerprint density at radius 1 is 1.18 bits per heavy atom. The molecule has 0 bridgehead atoms. The van der Waals surface area contributed by atoms with Gasteiger partial charge in [-0.3, -0.25) is 19.3 Å². The number of methoxy groups -OCH3 is 1. The van der Waals surface area contributed by atoms with Gasteiger partial charge in [0.2, 0.25) is 0 Å². The minimum atomic E-state index is -0.354. The van der Waals surface area contributed by atoms with Crippen LogP contribution in [0.1, 0.15) is 18.1 Å². The van der Waals surface area contributed by atoms with Gasteiger partial charge in [-0.15, -0.1) is 0 Å². The van der Waals surface area contributed by atoms with Crippen LogP contribution in [0.4, 0.5) is 10.5 Å². The number of benzene rings is 2. The Hall–Kier alpha value is -2.57. The fourth-order valence-corrected chi connectivity index (χ4v) is 4.72. The van der Waals surface area contributed by atoms with Crippen LogP contribution in [-0.2, 0) is 14.3 Å². The molecule has 1 aliphatic rings. The number of aryl methyl sites for hydroxylation is 1. The molecule has 0 atom stereocenters. The number of imide groups is 1. The zero-order valence-corrected chi connectivity index (χ0v) is 22.0. The molecule has 0 spiro atoms. The molecule has 1 fully saturated rings. The number of hydrogen-bond acceptors (Lipinski definition) is 7. The molecule has 10 heteroatoms. The van der Waals surface area contributed by atoms with E-state index in [2.05, 4.69) is 27.9 Å². The van der Waals surface area contributed by atoms with Crippen LogP contribution in [0.2, 0.25) is 0 Å². The van der Waals surface area contributed by atoms with Crippen molar-refractivity contribution in [2.45, 2.75) is 13.8 Å². The molecule has 1 heterocycles. The number of rotatable bonds is 10. The third-order valence-corrected chi connectivity index (χ3v) is 6.41. The molecule has 3 amide bonds. The number of carbonyl (C=O) groups excluding carboxylic acids is 3. The second-order valence-corrected chi connectivity index (χ2v) is 9.45. The van der Waals surface area contributed by atoms with Gasteiger partial charge in [-0.2, -0.15) is 0 Å². The summed E-state index contributed by atoms with van der Waals surface area (Å²) in [4.78, 5) is 38.6. The average molecular weight is 596 g/mol. The third kappa shape index (κ3) is 6.73. The van der Waals surface area contributed by atoms with Gasteiger partial charge in [0, 0.05) is 12.8 Å². The van der Waals surface area contributed by atoms with Gasteiger partial charge in [0.1, 0.15) is 0 Å². The molecular formula is C24H25IN2O6S. The molecule has 2 aromatic rings. The zero-order chi connectivity index (χ0) is 24.7. The molecule has 0 saturated carbocycles. The Morgan fingerprint density at radius 3 is 2.59 bits per heavy atom. The van der Waals surface area contributed by atoms with E-state index in [0.29, 0.717) is 37.8 Å². The minimum Gasteiger partial charge on any atom is -0.490 e. The van der Waals surface area contributed by atoms with Gasteiger partial charge in [-0.05, 0) is 84.1 Å². The van der Waals surface area contributed by atoms with Crippen molar-refractivity contribution in [3.05, 3.63) is 56.0 Å². The summed E-state index contributed by atoms with van der Waals surface area (Å²) in [5.41, 5.74) is 2.47. The largest absolute Gasteiger partial charge is 0.490 e. The van der Waals surface area contributed by atoms with Gasteiger partial charge in [0.25, 0.3) is 17.1 Å².